The number of nitrogens with one attached hydrogen (secondary N) is 2. The SMILES string of the molecule is Nc1cc(CNC(=O)c2cc(C(=O)NCc3ccc(OC(F)F)cc3)n3nccc3n2)ccc1OC=O. The summed E-state index contributed by atoms with van der Waals surface area (Å²) >= 11 is 0. The van der Waals surface area contributed by atoms with Gasteiger partial charge < -0.3 is 25.8 Å². The van der Waals surface area contributed by atoms with Crippen molar-refractivity contribution in [3.8, 4) is 11.5 Å². The Morgan fingerprint density at radius 1 is 1.00 bits per heavy atom. The normalized spacial score (nSPS) is 10.8. The molecule has 4 rings (SSSR count). The zero-order valence-electron chi connectivity index (χ0n) is 19.1. The molecule has 2 heterocycles. The number of hydrogen-bond donors (Lipinski definition) is 3. The van der Waals surface area contributed by atoms with E-state index in [1.807, 2.05) is 0 Å². The average molecular weight is 510 g/mol. The molecule has 0 bridgehead atoms. The van der Waals surface area contributed by atoms with E-state index in [2.05, 4.69) is 25.5 Å². The van der Waals surface area contributed by atoms with Crippen LogP contribution in [-0.2, 0) is 17.9 Å². The summed E-state index contributed by atoms with van der Waals surface area (Å²) < 4.78 is 34.9. The van der Waals surface area contributed by atoms with Crippen molar-refractivity contribution in [2.75, 3.05) is 5.73 Å². The number of carbonyl (C=O) groups excluding carboxylic acids is 3. The monoisotopic (exact) mass is 510 g/mol. The van der Waals surface area contributed by atoms with Crippen LogP contribution in [0.2, 0.25) is 0 Å². The Morgan fingerprint density at radius 2 is 1.70 bits per heavy atom. The van der Waals surface area contributed by atoms with Crippen LogP contribution in [0, 0.1) is 0 Å². The topological polar surface area (TPSA) is 150 Å². The van der Waals surface area contributed by atoms with Crippen molar-refractivity contribution in [1.82, 2.24) is 25.2 Å². The van der Waals surface area contributed by atoms with Crippen LogP contribution < -0.4 is 25.8 Å². The molecule has 11 nitrogen and oxygen atoms in total. The first-order valence-corrected chi connectivity index (χ1v) is 10.8. The maximum absolute atomic E-state index is 12.9. The predicted octanol–water partition coefficient (Wildman–Crippen LogP) is 2.31. The molecule has 2 aromatic heterocycles. The molecule has 0 fully saturated rings. The number of benzene rings is 2. The van der Waals surface area contributed by atoms with Crippen molar-refractivity contribution in [3.05, 3.63) is 83.3 Å². The molecular weight excluding hydrogens is 490 g/mol. The third-order valence-corrected chi connectivity index (χ3v) is 5.13. The smallest absolute Gasteiger partial charge is 0.387 e. The molecule has 0 aliphatic heterocycles. The van der Waals surface area contributed by atoms with Crippen molar-refractivity contribution in [2.45, 2.75) is 19.7 Å². The summed E-state index contributed by atoms with van der Waals surface area (Å²) in [6.07, 6.45) is 1.44. The Kier molecular flexibility index (Phi) is 7.52. The molecule has 0 saturated heterocycles. The van der Waals surface area contributed by atoms with Gasteiger partial charge in [0.2, 0.25) is 0 Å². The summed E-state index contributed by atoms with van der Waals surface area (Å²) in [5, 5.41) is 9.49. The standard InChI is InChI=1S/C24H20F2N6O5/c25-24(26)37-16-4-1-14(2-5-16)11-29-23(35)19-10-18(31-21-7-8-30-32(19)21)22(34)28-12-15-3-6-20(36-13-33)17(27)9-15/h1-10,13,24H,11-12,27H2,(H,28,34)(H,29,35). The van der Waals surface area contributed by atoms with E-state index in [0.717, 1.165) is 0 Å². The zero-order valence-corrected chi connectivity index (χ0v) is 19.1. The third-order valence-electron chi connectivity index (χ3n) is 5.13. The van der Waals surface area contributed by atoms with Gasteiger partial charge in [0.15, 0.2) is 11.4 Å². The van der Waals surface area contributed by atoms with Gasteiger partial charge in [-0.1, -0.05) is 18.2 Å². The van der Waals surface area contributed by atoms with Gasteiger partial charge in [-0.25, -0.2) is 9.50 Å². The fourth-order valence-electron chi connectivity index (χ4n) is 3.39. The van der Waals surface area contributed by atoms with Gasteiger partial charge in [-0.05, 0) is 35.4 Å². The largest absolute Gasteiger partial charge is 0.435 e. The van der Waals surface area contributed by atoms with Crippen molar-refractivity contribution in [2.24, 2.45) is 0 Å². The van der Waals surface area contributed by atoms with Crippen LogP contribution in [-0.4, -0.2) is 39.5 Å². The van der Waals surface area contributed by atoms with Crippen LogP contribution in [0.1, 0.15) is 32.1 Å². The lowest BCUT2D eigenvalue weighted by molar-refractivity contribution is -0.120. The van der Waals surface area contributed by atoms with Crippen molar-refractivity contribution in [1.29, 1.82) is 0 Å². The quantitative estimate of drug-likeness (QED) is 0.217. The van der Waals surface area contributed by atoms with E-state index in [-0.39, 0.29) is 53.8 Å². The van der Waals surface area contributed by atoms with Crippen LogP contribution in [0.4, 0.5) is 14.5 Å². The van der Waals surface area contributed by atoms with Crippen LogP contribution in [0.5, 0.6) is 11.5 Å². The maximum Gasteiger partial charge on any atom is 0.387 e. The van der Waals surface area contributed by atoms with Crippen LogP contribution >= 0.6 is 0 Å². The minimum Gasteiger partial charge on any atom is -0.435 e. The van der Waals surface area contributed by atoms with E-state index in [9.17, 15) is 23.2 Å². The first kappa shape index (κ1) is 25.0. The van der Waals surface area contributed by atoms with E-state index in [4.69, 9.17) is 10.5 Å². The highest BCUT2D eigenvalue weighted by molar-refractivity contribution is 5.98. The van der Waals surface area contributed by atoms with E-state index in [0.29, 0.717) is 11.1 Å². The minimum absolute atomic E-state index is 0.000964. The molecule has 2 aromatic carbocycles. The molecule has 0 aliphatic rings. The van der Waals surface area contributed by atoms with Gasteiger partial charge in [0.25, 0.3) is 18.3 Å². The van der Waals surface area contributed by atoms with Gasteiger partial charge in [-0.2, -0.15) is 13.9 Å². The number of nitrogens with two attached hydrogens (primary N) is 1. The first-order valence-electron chi connectivity index (χ1n) is 10.8. The predicted molar refractivity (Wildman–Crippen MR) is 126 cm³/mol. The highest BCUT2D eigenvalue weighted by atomic mass is 19.3. The van der Waals surface area contributed by atoms with Crippen molar-refractivity contribution < 1.29 is 32.6 Å². The molecule has 0 unspecified atom stereocenters. The highest BCUT2D eigenvalue weighted by Gasteiger charge is 2.18. The second-order valence-electron chi connectivity index (χ2n) is 7.60. The molecule has 13 heteroatoms. The Labute approximate surface area is 208 Å². The lowest BCUT2D eigenvalue weighted by atomic mass is 10.2. The Bertz CT molecular complexity index is 1440. The van der Waals surface area contributed by atoms with Crippen LogP contribution in [0.3, 0.4) is 0 Å². The maximum atomic E-state index is 12.9. The Balaban J connectivity index is 1.45. The zero-order chi connectivity index (χ0) is 26.4. The number of nitrogen functional groups attached to an aromatic ring is 1. The number of carbonyl (C=O) groups is 3. The molecule has 4 aromatic rings. The number of aromatic nitrogens is 3. The van der Waals surface area contributed by atoms with Gasteiger partial charge >= 0.3 is 6.61 Å². The fourth-order valence-corrected chi connectivity index (χ4v) is 3.39. The van der Waals surface area contributed by atoms with E-state index >= 15 is 0 Å². The summed E-state index contributed by atoms with van der Waals surface area (Å²) in [5.41, 5.74) is 7.68. The summed E-state index contributed by atoms with van der Waals surface area (Å²) in [6, 6.07) is 13.3. The van der Waals surface area contributed by atoms with Gasteiger partial charge in [0.05, 0.1) is 11.9 Å². The van der Waals surface area contributed by atoms with Gasteiger partial charge in [-0.3, -0.25) is 14.4 Å². The van der Waals surface area contributed by atoms with Crippen LogP contribution in [0.25, 0.3) is 5.65 Å². The number of ether oxygens (including phenoxy) is 2. The molecule has 190 valence electrons. The number of hydrogen-bond acceptors (Lipinski definition) is 8. The molecule has 2 amide bonds. The summed E-state index contributed by atoms with van der Waals surface area (Å²) in [7, 11) is 0. The summed E-state index contributed by atoms with van der Waals surface area (Å²) in [5.74, 6) is -0.872. The van der Waals surface area contributed by atoms with Gasteiger partial charge in [0, 0.05) is 25.2 Å². The number of alkyl halides is 2. The van der Waals surface area contributed by atoms with Crippen molar-refractivity contribution in [3.63, 3.8) is 0 Å². The average Bonchev–Trinajstić information content (AvgIpc) is 3.36. The molecule has 0 spiro atoms. The summed E-state index contributed by atoms with van der Waals surface area (Å²) in [6.45, 7) is -2.47. The lowest BCUT2D eigenvalue weighted by Gasteiger charge is -2.11. The molecule has 0 atom stereocenters. The summed E-state index contributed by atoms with van der Waals surface area (Å²) in [4.78, 5) is 40.4. The van der Waals surface area contributed by atoms with E-state index < -0.39 is 18.4 Å². The van der Waals surface area contributed by atoms with Crippen LogP contribution in [0.15, 0.2) is 60.8 Å². The second-order valence-corrected chi connectivity index (χ2v) is 7.60. The molecule has 0 radical (unpaired) electrons. The molecule has 37 heavy (non-hydrogen) atoms. The first-order chi connectivity index (χ1) is 17.8. The Hall–Kier alpha value is -5.07. The molecule has 0 saturated carbocycles. The lowest BCUT2D eigenvalue weighted by Crippen LogP contribution is -2.28. The number of rotatable bonds is 10. The third kappa shape index (κ3) is 6.14. The number of fused-ring (bicyclic) bond motifs is 1. The van der Waals surface area contributed by atoms with E-state index in [1.54, 1.807) is 18.2 Å². The number of halogens is 2. The van der Waals surface area contributed by atoms with Gasteiger partial charge in [-0.15, -0.1) is 0 Å². The number of nitrogens with zero attached hydrogens (tertiary/aromatic N) is 3. The second kappa shape index (κ2) is 11.1. The molecule has 0 aliphatic carbocycles. The number of amides is 2. The molecule has 4 N–H and O–H groups in total. The molecular formula is C24H20F2N6O5. The fraction of sp³-hybridized carbons (Fsp3) is 0.125. The van der Waals surface area contributed by atoms with Crippen molar-refractivity contribution >= 4 is 29.6 Å². The highest BCUT2D eigenvalue weighted by Crippen LogP contribution is 2.22. The van der Waals surface area contributed by atoms with Gasteiger partial charge in [0.1, 0.15) is 17.1 Å². The Morgan fingerprint density at radius 3 is 2.41 bits per heavy atom. The minimum atomic E-state index is -2.93. The number of anilines is 1. The van der Waals surface area contributed by atoms with E-state index in [1.165, 1.54) is 47.1 Å².